The van der Waals surface area contributed by atoms with Crippen LogP contribution in [0.2, 0.25) is 0 Å². The van der Waals surface area contributed by atoms with Crippen LogP contribution in [0.25, 0.3) is 0 Å². The van der Waals surface area contributed by atoms with E-state index in [9.17, 15) is 14.4 Å². The van der Waals surface area contributed by atoms with Crippen molar-refractivity contribution < 1.29 is 23.9 Å². The summed E-state index contributed by atoms with van der Waals surface area (Å²) in [5, 5.41) is 0. The minimum Gasteiger partial charge on any atom is -0.468 e. The number of benzene rings is 2. The third kappa shape index (κ3) is 4.39. The van der Waals surface area contributed by atoms with E-state index < -0.39 is 17.5 Å². The minimum atomic E-state index is -0.666. The van der Waals surface area contributed by atoms with Crippen LogP contribution in [0.3, 0.4) is 0 Å². The van der Waals surface area contributed by atoms with Crippen LogP contribution in [0.5, 0.6) is 0 Å². The molecule has 152 valence electrons. The van der Waals surface area contributed by atoms with Crippen molar-refractivity contribution in [2.45, 2.75) is 26.4 Å². The summed E-state index contributed by atoms with van der Waals surface area (Å²) < 4.78 is 10.3. The molecule has 0 unspecified atom stereocenters. The Morgan fingerprint density at radius 1 is 0.828 bits per heavy atom. The Bertz CT molecular complexity index is 948. The molecule has 1 aliphatic rings. The molecular weight excluding hydrogens is 372 g/mol. The van der Waals surface area contributed by atoms with Crippen LogP contribution in [0.1, 0.15) is 31.1 Å². The number of amides is 1. The minimum absolute atomic E-state index is 0.0713. The average molecular weight is 396 g/mol. The summed E-state index contributed by atoms with van der Waals surface area (Å²) in [5.41, 5.74) is 1.43. The normalized spacial score (nSPS) is 13.3. The summed E-state index contributed by atoms with van der Waals surface area (Å²) in [6, 6.07) is 14.1. The third-order valence-corrected chi connectivity index (χ3v) is 4.36. The fourth-order valence-corrected chi connectivity index (χ4v) is 3.22. The van der Waals surface area contributed by atoms with Gasteiger partial charge in [0.2, 0.25) is 0 Å². The summed E-state index contributed by atoms with van der Waals surface area (Å²) in [5.74, 6) is -1.30. The number of carbonyl (C=O) groups is 3. The number of carbonyl (C=O) groups excluding carboxylic acids is 3. The van der Waals surface area contributed by atoms with Gasteiger partial charge in [0, 0.05) is 0 Å². The number of esters is 2. The van der Waals surface area contributed by atoms with Crippen LogP contribution < -0.4 is 9.80 Å². The van der Waals surface area contributed by atoms with E-state index in [1.54, 1.807) is 68.1 Å². The Morgan fingerprint density at radius 2 is 1.34 bits per heavy atom. The number of anilines is 3. The van der Waals surface area contributed by atoms with E-state index in [1.807, 2.05) is 6.07 Å². The molecule has 2 aromatic rings. The predicted molar refractivity (Wildman–Crippen MR) is 109 cm³/mol. The van der Waals surface area contributed by atoms with Gasteiger partial charge in [-0.05, 0) is 45.0 Å². The molecule has 0 spiro atoms. The molecule has 0 bridgehead atoms. The Morgan fingerprint density at radius 3 is 1.93 bits per heavy atom. The Kier molecular flexibility index (Phi) is 5.59. The number of fused-ring (bicyclic) bond motifs is 2. The molecule has 2 aromatic carbocycles. The Labute approximate surface area is 169 Å². The van der Waals surface area contributed by atoms with Crippen molar-refractivity contribution in [2.75, 3.05) is 30.0 Å². The SMILES string of the molecule is COC(=O)CN1c2ccccc2C(=O)N(CC(=O)OC(C)(C)C)c2ccccc21. The molecule has 0 saturated heterocycles. The van der Waals surface area contributed by atoms with Gasteiger partial charge < -0.3 is 14.4 Å². The van der Waals surface area contributed by atoms with Crippen LogP contribution in [0.4, 0.5) is 17.1 Å². The second-order valence-electron chi connectivity index (χ2n) is 7.65. The van der Waals surface area contributed by atoms with Crippen molar-refractivity contribution in [1.82, 2.24) is 0 Å². The molecule has 0 radical (unpaired) electrons. The van der Waals surface area contributed by atoms with Crippen LogP contribution in [-0.2, 0) is 19.1 Å². The molecule has 0 fully saturated rings. The highest BCUT2D eigenvalue weighted by Gasteiger charge is 2.33. The zero-order valence-corrected chi connectivity index (χ0v) is 17.0. The summed E-state index contributed by atoms with van der Waals surface area (Å²) in [6.07, 6.45) is 0. The molecule has 29 heavy (non-hydrogen) atoms. The van der Waals surface area contributed by atoms with E-state index in [2.05, 4.69) is 0 Å². The molecule has 7 heteroatoms. The third-order valence-electron chi connectivity index (χ3n) is 4.36. The Balaban J connectivity index is 2.11. The van der Waals surface area contributed by atoms with Gasteiger partial charge in [-0.25, -0.2) is 0 Å². The van der Waals surface area contributed by atoms with Crippen molar-refractivity contribution in [1.29, 1.82) is 0 Å². The lowest BCUT2D eigenvalue weighted by molar-refractivity contribution is -0.152. The number of ether oxygens (including phenoxy) is 2. The lowest BCUT2D eigenvalue weighted by Crippen LogP contribution is -2.38. The summed E-state index contributed by atoms with van der Waals surface area (Å²) in [4.78, 5) is 41.1. The van der Waals surface area contributed by atoms with Crippen molar-refractivity contribution in [3.05, 3.63) is 54.1 Å². The highest BCUT2D eigenvalue weighted by molar-refractivity contribution is 6.15. The monoisotopic (exact) mass is 396 g/mol. The van der Waals surface area contributed by atoms with Gasteiger partial charge in [-0.15, -0.1) is 0 Å². The molecule has 0 N–H and O–H groups in total. The highest BCUT2D eigenvalue weighted by Crippen LogP contribution is 2.40. The molecule has 1 heterocycles. The van der Waals surface area contributed by atoms with E-state index in [4.69, 9.17) is 9.47 Å². The zero-order valence-electron chi connectivity index (χ0n) is 17.0. The molecule has 1 amide bonds. The van der Waals surface area contributed by atoms with E-state index in [1.165, 1.54) is 12.0 Å². The number of hydrogen-bond donors (Lipinski definition) is 0. The van der Waals surface area contributed by atoms with Gasteiger partial charge in [0.25, 0.3) is 5.91 Å². The fraction of sp³-hybridized carbons (Fsp3) is 0.318. The van der Waals surface area contributed by atoms with Crippen molar-refractivity contribution in [3.8, 4) is 0 Å². The van der Waals surface area contributed by atoms with Gasteiger partial charge >= 0.3 is 11.9 Å². The van der Waals surface area contributed by atoms with Crippen LogP contribution in [0, 0.1) is 0 Å². The topological polar surface area (TPSA) is 76.2 Å². The van der Waals surface area contributed by atoms with Gasteiger partial charge in [-0.3, -0.25) is 19.3 Å². The zero-order chi connectivity index (χ0) is 21.2. The second kappa shape index (κ2) is 7.95. The summed E-state index contributed by atoms with van der Waals surface area (Å²) in [6.45, 7) is 5.01. The smallest absolute Gasteiger partial charge is 0.326 e. The van der Waals surface area contributed by atoms with E-state index in [0.717, 1.165) is 0 Å². The van der Waals surface area contributed by atoms with E-state index in [0.29, 0.717) is 22.6 Å². The lowest BCUT2D eigenvalue weighted by atomic mass is 10.1. The number of methoxy groups -OCH3 is 1. The quantitative estimate of drug-likeness (QED) is 0.738. The van der Waals surface area contributed by atoms with Crippen molar-refractivity contribution in [3.63, 3.8) is 0 Å². The van der Waals surface area contributed by atoms with E-state index >= 15 is 0 Å². The first-order valence-electron chi connectivity index (χ1n) is 9.27. The van der Waals surface area contributed by atoms with Gasteiger partial charge in [-0.2, -0.15) is 0 Å². The molecule has 1 aliphatic heterocycles. The first-order valence-corrected chi connectivity index (χ1v) is 9.27. The van der Waals surface area contributed by atoms with E-state index in [-0.39, 0.29) is 19.0 Å². The molecule has 0 aromatic heterocycles. The van der Waals surface area contributed by atoms with Gasteiger partial charge in [0.1, 0.15) is 18.7 Å². The van der Waals surface area contributed by atoms with Crippen LogP contribution in [0.15, 0.2) is 48.5 Å². The van der Waals surface area contributed by atoms with Crippen LogP contribution in [-0.4, -0.2) is 43.6 Å². The molecular formula is C22H24N2O5. The molecule has 3 rings (SSSR count). The van der Waals surface area contributed by atoms with Crippen molar-refractivity contribution >= 4 is 34.9 Å². The maximum atomic E-state index is 13.4. The Hall–Kier alpha value is -3.35. The first-order chi connectivity index (χ1) is 13.7. The lowest BCUT2D eigenvalue weighted by Gasteiger charge is -2.27. The number of rotatable bonds is 4. The first kappa shape index (κ1) is 20.4. The molecule has 0 atom stereocenters. The average Bonchev–Trinajstić information content (AvgIpc) is 2.76. The van der Waals surface area contributed by atoms with Gasteiger partial charge in [-0.1, -0.05) is 24.3 Å². The number of nitrogens with zero attached hydrogens (tertiary/aromatic N) is 2. The van der Waals surface area contributed by atoms with Crippen LogP contribution >= 0.6 is 0 Å². The summed E-state index contributed by atoms with van der Waals surface area (Å²) >= 11 is 0. The second-order valence-corrected chi connectivity index (χ2v) is 7.65. The standard InChI is InChI=1S/C22H24N2O5/c1-22(2,3)29-20(26)14-24-18-12-8-7-11-17(18)23(13-19(25)28-4)16-10-6-5-9-15(16)21(24)27/h5-12H,13-14H2,1-4H3. The molecule has 0 aliphatic carbocycles. The van der Waals surface area contributed by atoms with Gasteiger partial charge in [0.05, 0.1) is 29.7 Å². The predicted octanol–water partition coefficient (Wildman–Crippen LogP) is 3.30. The maximum absolute atomic E-state index is 13.4. The molecule has 0 saturated carbocycles. The fourth-order valence-electron chi connectivity index (χ4n) is 3.22. The number of para-hydroxylation sites is 3. The van der Waals surface area contributed by atoms with Crippen molar-refractivity contribution in [2.24, 2.45) is 0 Å². The highest BCUT2D eigenvalue weighted by atomic mass is 16.6. The van der Waals surface area contributed by atoms with Gasteiger partial charge in [0.15, 0.2) is 0 Å². The largest absolute Gasteiger partial charge is 0.468 e. The maximum Gasteiger partial charge on any atom is 0.326 e. The summed E-state index contributed by atoms with van der Waals surface area (Å²) in [7, 11) is 1.32. The molecule has 7 nitrogen and oxygen atoms in total. The number of hydrogen-bond acceptors (Lipinski definition) is 6.